The Labute approximate surface area is 109 Å². The monoisotopic (exact) mass is 265 g/mol. The van der Waals surface area contributed by atoms with E-state index in [1.807, 2.05) is 24.3 Å². The van der Waals surface area contributed by atoms with Gasteiger partial charge >= 0.3 is 0 Å². The summed E-state index contributed by atoms with van der Waals surface area (Å²) in [7, 11) is 0. The van der Waals surface area contributed by atoms with Crippen molar-refractivity contribution in [2.75, 3.05) is 6.54 Å². The van der Waals surface area contributed by atoms with Crippen molar-refractivity contribution in [2.24, 2.45) is 5.73 Å². The number of hydrogen-bond acceptors (Lipinski definition) is 4. The zero-order valence-electron chi connectivity index (χ0n) is 9.14. The molecule has 0 aliphatic rings. The number of rotatable bonds is 4. The van der Waals surface area contributed by atoms with Crippen LogP contribution in [-0.4, -0.2) is 16.5 Å². The van der Waals surface area contributed by atoms with Gasteiger partial charge in [0.25, 0.3) is 0 Å². The number of benzene rings is 1. The minimum atomic E-state index is 0.584. The van der Waals surface area contributed by atoms with E-state index in [9.17, 15) is 0 Å². The van der Waals surface area contributed by atoms with Gasteiger partial charge in [0.1, 0.15) is 11.4 Å². The van der Waals surface area contributed by atoms with Crippen LogP contribution in [0.3, 0.4) is 0 Å². The van der Waals surface area contributed by atoms with Crippen LogP contribution in [0.4, 0.5) is 0 Å². The Morgan fingerprint density at radius 3 is 2.88 bits per heavy atom. The molecule has 0 radical (unpaired) electrons. The molecule has 0 atom stereocenters. The van der Waals surface area contributed by atoms with E-state index in [-0.39, 0.29) is 0 Å². The van der Waals surface area contributed by atoms with Gasteiger partial charge in [0.15, 0.2) is 0 Å². The number of hydrogen-bond donors (Lipinski definition) is 1. The summed E-state index contributed by atoms with van der Waals surface area (Å²) in [6.45, 7) is 0.584. The number of nitrogens with two attached hydrogens (primary N) is 1. The maximum Gasteiger partial charge on any atom is 0.116 e. The van der Waals surface area contributed by atoms with E-state index in [1.54, 1.807) is 18.0 Å². The molecule has 0 aliphatic carbocycles. The van der Waals surface area contributed by atoms with Crippen LogP contribution in [0.1, 0.15) is 5.56 Å². The summed E-state index contributed by atoms with van der Waals surface area (Å²) in [6.07, 6.45) is 4.03. The van der Waals surface area contributed by atoms with Gasteiger partial charge in [-0.2, -0.15) is 0 Å². The second kappa shape index (κ2) is 6.00. The molecule has 0 saturated heterocycles. The highest BCUT2D eigenvalue weighted by molar-refractivity contribution is 7.99. The van der Waals surface area contributed by atoms with E-state index >= 15 is 0 Å². The first-order valence-corrected chi connectivity index (χ1v) is 6.42. The summed E-state index contributed by atoms with van der Waals surface area (Å²) in [4.78, 5) is 9.17. The van der Waals surface area contributed by atoms with Crippen LogP contribution >= 0.6 is 23.4 Å². The Kier molecular flexibility index (Phi) is 4.36. The van der Waals surface area contributed by atoms with Crippen LogP contribution in [0.2, 0.25) is 5.02 Å². The molecule has 2 N–H and O–H groups in total. The largest absolute Gasteiger partial charge is 0.330 e. The van der Waals surface area contributed by atoms with Crippen molar-refractivity contribution in [3.8, 4) is 0 Å². The molecule has 0 amide bonds. The summed E-state index contributed by atoms with van der Waals surface area (Å²) in [5, 5.41) is 1.66. The van der Waals surface area contributed by atoms with Gasteiger partial charge in [-0.05, 0) is 36.7 Å². The molecule has 1 aromatic carbocycles. The van der Waals surface area contributed by atoms with Crippen molar-refractivity contribution in [3.63, 3.8) is 0 Å². The van der Waals surface area contributed by atoms with E-state index in [0.29, 0.717) is 6.54 Å². The first kappa shape index (κ1) is 12.4. The number of aromatic nitrogens is 2. The lowest BCUT2D eigenvalue weighted by Crippen LogP contribution is -2.04. The van der Waals surface area contributed by atoms with Gasteiger partial charge in [-0.25, -0.2) is 9.97 Å². The fraction of sp³-hybridized carbons (Fsp3) is 0.167. The Morgan fingerprint density at radius 1 is 1.29 bits per heavy atom. The lowest BCUT2D eigenvalue weighted by atomic mass is 10.1. The molecule has 1 aromatic heterocycles. The molecule has 0 unspecified atom stereocenters. The molecule has 0 spiro atoms. The molecule has 1 heterocycles. The van der Waals surface area contributed by atoms with Gasteiger partial charge in [0.05, 0.1) is 0 Å². The molecule has 0 saturated carbocycles. The maximum atomic E-state index is 6.17. The SMILES string of the molecule is NCCc1c(Cl)cccc1Sc1ccncn1. The third-order valence-corrected chi connectivity index (χ3v) is 3.65. The number of nitrogens with zero attached hydrogens (tertiary/aromatic N) is 2. The van der Waals surface area contributed by atoms with Crippen molar-refractivity contribution in [1.82, 2.24) is 9.97 Å². The van der Waals surface area contributed by atoms with Crippen molar-refractivity contribution < 1.29 is 0 Å². The van der Waals surface area contributed by atoms with Crippen LogP contribution in [-0.2, 0) is 6.42 Å². The van der Waals surface area contributed by atoms with Crippen molar-refractivity contribution in [2.45, 2.75) is 16.3 Å². The Hall–Kier alpha value is -1.10. The second-order valence-corrected chi connectivity index (χ2v) is 4.87. The van der Waals surface area contributed by atoms with Gasteiger partial charge in [0, 0.05) is 16.1 Å². The van der Waals surface area contributed by atoms with Crippen LogP contribution in [0.5, 0.6) is 0 Å². The molecule has 0 bridgehead atoms. The van der Waals surface area contributed by atoms with E-state index < -0.39 is 0 Å². The topological polar surface area (TPSA) is 51.8 Å². The zero-order chi connectivity index (χ0) is 12.1. The standard InChI is InChI=1S/C12H12ClN3S/c13-10-2-1-3-11(9(10)4-6-14)17-12-5-7-15-8-16-12/h1-3,5,7-8H,4,6,14H2. The lowest BCUT2D eigenvalue weighted by Gasteiger charge is -2.09. The molecular weight excluding hydrogens is 254 g/mol. The summed E-state index contributed by atoms with van der Waals surface area (Å²) in [5.41, 5.74) is 6.68. The summed E-state index contributed by atoms with van der Waals surface area (Å²) in [6, 6.07) is 7.73. The van der Waals surface area contributed by atoms with Crippen molar-refractivity contribution >= 4 is 23.4 Å². The first-order valence-electron chi connectivity index (χ1n) is 5.22. The lowest BCUT2D eigenvalue weighted by molar-refractivity contribution is 0.943. The third-order valence-electron chi connectivity index (χ3n) is 2.24. The van der Waals surface area contributed by atoms with Crippen LogP contribution in [0, 0.1) is 0 Å². The van der Waals surface area contributed by atoms with Crippen LogP contribution in [0.25, 0.3) is 0 Å². The molecule has 0 aliphatic heterocycles. The Bertz CT molecular complexity index is 490. The average molecular weight is 266 g/mol. The molecule has 0 fully saturated rings. The zero-order valence-corrected chi connectivity index (χ0v) is 10.7. The summed E-state index contributed by atoms with van der Waals surface area (Å²) >= 11 is 7.75. The predicted molar refractivity (Wildman–Crippen MR) is 70.4 cm³/mol. The van der Waals surface area contributed by atoms with Gasteiger partial charge in [-0.1, -0.05) is 29.4 Å². The van der Waals surface area contributed by atoms with Crippen LogP contribution in [0.15, 0.2) is 46.7 Å². The Morgan fingerprint density at radius 2 is 2.18 bits per heavy atom. The minimum absolute atomic E-state index is 0.584. The first-order chi connectivity index (χ1) is 8.31. The minimum Gasteiger partial charge on any atom is -0.330 e. The molecule has 3 nitrogen and oxygen atoms in total. The molecule has 17 heavy (non-hydrogen) atoms. The fourth-order valence-corrected chi connectivity index (χ4v) is 2.73. The van der Waals surface area contributed by atoms with Crippen molar-refractivity contribution in [1.29, 1.82) is 0 Å². The molecule has 88 valence electrons. The van der Waals surface area contributed by atoms with Crippen LogP contribution < -0.4 is 5.73 Å². The maximum absolute atomic E-state index is 6.17. The molecule has 2 aromatic rings. The third kappa shape index (κ3) is 3.19. The van der Waals surface area contributed by atoms with Crippen molar-refractivity contribution in [3.05, 3.63) is 47.4 Å². The van der Waals surface area contributed by atoms with E-state index in [1.165, 1.54) is 6.33 Å². The molecule has 5 heteroatoms. The van der Waals surface area contributed by atoms with Gasteiger partial charge in [0.2, 0.25) is 0 Å². The summed E-state index contributed by atoms with van der Waals surface area (Å²) in [5.74, 6) is 0. The van der Waals surface area contributed by atoms with Gasteiger partial charge in [-0.15, -0.1) is 0 Å². The highest BCUT2D eigenvalue weighted by atomic mass is 35.5. The van der Waals surface area contributed by atoms with E-state index in [2.05, 4.69) is 9.97 Å². The predicted octanol–water partition coefficient (Wildman–Crippen LogP) is 2.78. The summed E-state index contributed by atoms with van der Waals surface area (Å²) < 4.78 is 0. The highest BCUT2D eigenvalue weighted by Crippen LogP contribution is 2.32. The average Bonchev–Trinajstić information content (AvgIpc) is 2.35. The second-order valence-electron chi connectivity index (χ2n) is 3.40. The molecular formula is C12H12ClN3S. The van der Waals surface area contributed by atoms with Gasteiger partial charge in [-0.3, -0.25) is 0 Å². The fourth-order valence-electron chi connectivity index (χ4n) is 1.47. The number of halogens is 1. The van der Waals surface area contributed by atoms with E-state index in [0.717, 1.165) is 26.9 Å². The Balaban J connectivity index is 2.29. The molecule has 2 rings (SSSR count). The van der Waals surface area contributed by atoms with E-state index in [4.69, 9.17) is 17.3 Å². The normalized spacial score (nSPS) is 10.5. The smallest absolute Gasteiger partial charge is 0.116 e. The highest BCUT2D eigenvalue weighted by Gasteiger charge is 2.08. The van der Waals surface area contributed by atoms with Gasteiger partial charge < -0.3 is 5.73 Å². The quantitative estimate of drug-likeness (QED) is 0.864.